The van der Waals surface area contributed by atoms with Crippen molar-refractivity contribution in [1.29, 1.82) is 0 Å². The maximum Gasteiger partial charge on any atom is 0.328 e. The summed E-state index contributed by atoms with van der Waals surface area (Å²) in [6.45, 7) is 3.83. The van der Waals surface area contributed by atoms with E-state index in [0.717, 1.165) is 5.56 Å². The smallest absolute Gasteiger partial charge is 0.320 e. The fraction of sp³-hybridized carbons (Fsp3) is 0.214. The van der Waals surface area contributed by atoms with Crippen LogP contribution in [0.4, 0.5) is 6.01 Å². The van der Waals surface area contributed by atoms with Crippen molar-refractivity contribution in [2.75, 3.05) is 11.9 Å². The first-order valence-corrected chi connectivity index (χ1v) is 6.01. The topological polar surface area (TPSA) is 94.0 Å². The van der Waals surface area contributed by atoms with Gasteiger partial charge in [-0.15, -0.1) is 0 Å². The number of carbonyl (C=O) groups is 1. The molecule has 0 radical (unpaired) electrons. The Morgan fingerprint density at radius 2 is 2.25 bits per heavy atom. The van der Waals surface area contributed by atoms with Crippen LogP contribution in [0, 0.1) is 25.7 Å². The molecular weight excluding hydrogens is 256 g/mol. The first-order chi connectivity index (χ1) is 9.60. The quantitative estimate of drug-likeness (QED) is 0.801. The molecule has 0 bridgehead atoms. The Balaban J connectivity index is 2.29. The summed E-state index contributed by atoms with van der Waals surface area (Å²) in [6, 6.07) is 5.43. The van der Waals surface area contributed by atoms with Crippen molar-refractivity contribution in [3.63, 3.8) is 0 Å². The molecule has 0 unspecified atom stereocenters. The fourth-order valence-electron chi connectivity index (χ4n) is 1.62. The Kier molecular flexibility index (Phi) is 4.13. The highest BCUT2D eigenvalue weighted by Gasteiger charge is 2.13. The van der Waals surface area contributed by atoms with Gasteiger partial charge in [0.15, 0.2) is 5.82 Å². The highest BCUT2D eigenvalue weighted by molar-refractivity contribution is 6.05. The van der Waals surface area contributed by atoms with Crippen molar-refractivity contribution in [3.05, 3.63) is 40.7 Å². The number of rotatable bonds is 2. The summed E-state index contributed by atoms with van der Waals surface area (Å²) in [4.78, 5) is 16.1. The molecule has 102 valence electrons. The van der Waals surface area contributed by atoms with Gasteiger partial charge in [-0.05, 0) is 31.5 Å². The van der Waals surface area contributed by atoms with Crippen LogP contribution < -0.4 is 11.1 Å². The summed E-state index contributed by atoms with van der Waals surface area (Å²) in [7, 11) is 0. The van der Waals surface area contributed by atoms with Crippen LogP contribution >= 0.6 is 0 Å². The average molecular weight is 270 g/mol. The molecule has 0 atom stereocenters. The van der Waals surface area contributed by atoms with Gasteiger partial charge in [0.1, 0.15) is 0 Å². The van der Waals surface area contributed by atoms with Crippen molar-refractivity contribution in [1.82, 2.24) is 10.1 Å². The number of nitrogens with one attached hydrogen (secondary N) is 1. The lowest BCUT2D eigenvalue weighted by atomic mass is 10.0. The van der Waals surface area contributed by atoms with Crippen LogP contribution in [0.3, 0.4) is 0 Å². The minimum absolute atomic E-state index is 0.0609. The molecular formula is C14H14N4O2. The number of aryl methyl sites for hydroxylation is 2. The average Bonchev–Trinajstić information content (AvgIpc) is 2.81. The number of nitrogens with two attached hydrogens (primary N) is 1. The summed E-state index contributed by atoms with van der Waals surface area (Å²) in [5.41, 5.74) is 7.42. The zero-order chi connectivity index (χ0) is 14.5. The second kappa shape index (κ2) is 5.99. The molecule has 1 aromatic carbocycles. The van der Waals surface area contributed by atoms with E-state index in [1.807, 2.05) is 19.1 Å². The number of hydrogen-bond acceptors (Lipinski definition) is 5. The van der Waals surface area contributed by atoms with Crippen molar-refractivity contribution < 1.29 is 9.32 Å². The Labute approximate surface area is 116 Å². The third-order valence-corrected chi connectivity index (χ3v) is 2.49. The largest absolute Gasteiger partial charge is 0.328 e. The van der Waals surface area contributed by atoms with E-state index < -0.39 is 0 Å². The van der Waals surface area contributed by atoms with E-state index in [9.17, 15) is 4.79 Å². The molecule has 6 heteroatoms. The van der Waals surface area contributed by atoms with Gasteiger partial charge in [0.05, 0.1) is 12.1 Å². The summed E-state index contributed by atoms with van der Waals surface area (Å²) >= 11 is 0. The zero-order valence-electron chi connectivity index (χ0n) is 11.2. The molecule has 1 amide bonds. The molecule has 2 aromatic rings. The molecule has 0 spiro atoms. The van der Waals surface area contributed by atoms with Gasteiger partial charge < -0.3 is 10.3 Å². The van der Waals surface area contributed by atoms with Crippen LogP contribution in [0.2, 0.25) is 0 Å². The van der Waals surface area contributed by atoms with Crippen molar-refractivity contribution in [2.45, 2.75) is 13.8 Å². The van der Waals surface area contributed by atoms with E-state index in [2.05, 4.69) is 27.3 Å². The molecule has 0 aliphatic heterocycles. The molecule has 1 heterocycles. The van der Waals surface area contributed by atoms with Gasteiger partial charge in [0.2, 0.25) is 0 Å². The minimum Gasteiger partial charge on any atom is -0.320 e. The van der Waals surface area contributed by atoms with Gasteiger partial charge in [-0.1, -0.05) is 23.1 Å². The minimum atomic E-state index is -0.352. The number of aromatic nitrogens is 2. The highest BCUT2D eigenvalue weighted by atomic mass is 16.5. The van der Waals surface area contributed by atoms with Gasteiger partial charge in [-0.2, -0.15) is 4.98 Å². The predicted octanol–water partition coefficient (Wildman–Crippen LogP) is 1.25. The van der Waals surface area contributed by atoms with E-state index in [-0.39, 0.29) is 18.5 Å². The Hall–Kier alpha value is -2.65. The molecule has 0 aliphatic carbocycles. The van der Waals surface area contributed by atoms with Gasteiger partial charge in [-0.3, -0.25) is 10.1 Å². The van der Waals surface area contributed by atoms with Crippen molar-refractivity contribution >= 4 is 11.9 Å². The number of benzene rings is 1. The van der Waals surface area contributed by atoms with Crippen LogP contribution in [0.5, 0.6) is 0 Å². The SMILES string of the molecule is Cc1ccc(C(=O)Nc2nc(C)no2)c(C#CCN)c1. The second-order valence-electron chi connectivity index (χ2n) is 4.16. The standard InChI is InChI=1S/C14H14N4O2/c1-9-5-6-12(11(8-9)4-3-7-15)13(19)17-14-16-10(2)18-20-14/h5-6,8H,7,15H2,1-2H3,(H,16,17,18,19). The molecule has 0 fully saturated rings. The lowest BCUT2D eigenvalue weighted by molar-refractivity contribution is 0.102. The van der Waals surface area contributed by atoms with Crippen LogP contribution in [-0.2, 0) is 0 Å². The molecule has 20 heavy (non-hydrogen) atoms. The van der Waals surface area contributed by atoms with Crippen LogP contribution in [0.1, 0.15) is 27.3 Å². The summed E-state index contributed by atoms with van der Waals surface area (Å²) < 4.78 is 4.85. The maximum absolute atomic E-state index is 12.2. The first-order valence-electron chi connectivity index (χ1n) is 6.01. The van der Waals surface area contributed by atoms with Gasteiger partial charge in [-0.25, -0.2) is 0 Å². The Morgan fingerprint density at radius 3 is 2.90 bits per heavy atom. The second-order valence-corrected chi connectivity index (χ2v) is 4.16. The van der Waals surface area contributed by atoms with Crippen LogP contribution in [-0.4, -0.2) is 22.6 Å². The molecule has 0 aliphatic rings. The van der Waals surface area contributed by atoms with E-state index in [4.69, 9.17) is 10.3 Å². The molecule has 6 nitrogen and oxygen atoms in total. The van der Waals surface area contributed by atoms with Crippen LogP contribution in [0.15, 0.2) is 22.7 Å². The summed E-state index contributed by atoms with van der Waals surface area (Å²) in [5.74, 6) is 5.72. The monoisotopic (exact) mass is 270 g/mol. The zero-order valence-corrected chi connectivity index (χ0v) is 11.2. The Bertz CT molecular complexity index is 695. The van der Waals surface area contributed by atoms with Gasteiger partial charge in [0, 0.05) is 5.56 Å². The third-order valence-electron chi connectivity index (χ3n) is 2.49. The molecule has 2 rings (SSSR count). The molecule has 0 saturated carbocycles. The van der Waals surface area contributed by atoms with Crippen LogP contribution in [0.25, 0.3) is 0 Å². The summed E-state index contributed by atoms with van der Waals surface area (Å²) in [5, 5.41) is 6.14. The Morgan fingerprint density at radius 1 is 1.45 bits per heavy atom. The van der Waals surface area contributed by atoms with E-state index in [1.54, 1.807) is 13.0 Å². The summed E-state index contributed by atoms with van der Waals surface area (Å²) in [6.07, 6.45) is 0. The number of nitrogens with zero attached hydrogens (tertiary/aromatic N) is 2. The first kappa shape index (κ1) is 13.8. The number of hydrogen-bond donors (Lipinski definition) is 2. The fourth-order valence-corrected chi connectivity index (χ4v) is 1.62. The van der Waals surface area contributed by atoms with Crippen molar-refractivity contribution in [3.8, 4) is 11.8 Å². The third kappa shape index (κ3) is 3.22. The highest BCUT2D eigenvalue weighted by Crippen LogP contribution is 2.13. The predicted molar refractivity (Wildman–Crippen MR) is 74.1 cm³/mol. The molecule has 1 aromatic heterocycles. The lowest BCUT2D eigenvalue weighted by Gasteiger charge is -2.04. The van der Waals surface area contributed by atoms with Crippen molar-refractivity contribution in [2.24, 2.45) is 5.73 Å². The van der Waals surface area contributed by atoms with Gasteiger partial charge in [0.25, 0.3) is 5.91 Å². The van der Waals surface area contributed by atoms with E-state index in [1.165, 1.54) is 0 Å². The van der Waals surface area contributed by atoms with E-state index in [0.29, 0.717) is 17.0 Å². The maximum atomic E-state index is 12.2. The van der Waals surface area contributed by atoms with Gasteiger partial charge >= 0.3 is 6.01 Å². The van der Waals surface area contributed by atoms with E-state index >= 15 is 0 Å². The number of carbonyl (C=O) groups excluding carboxylic acids is 1. The molecule has 3 N–H and O–H groups in total. The normalized spacial score (nSPS) is 9.75. The number of amides is 1. The molecule has 0 saturated heterocycles. The number of anilines is 1. The lowest BCUT2D eigenvalue weighted by Crippen LogP contribution is -2.14.